The van der Waals surface area contributed by atoms with Crippen LogP contribution in [0.25, 0.3) is 9.53 Å². The smallest absolute Gasteiger partial charge is 0.253 e. The fourth-order valence-corrected chi connectivity index (χ4v) is 3.86. The number of hydrogen-bond donors (Lipinski definition) is 1. The van der Waals surface area contributed by atoms with Gasteiger partial charge in [-0.1, -0.05) is 16.1 Å². The van der Waals surface area contributed by atoms with Crippen molar-refractivity contribution in [1.82, 2.24) is 14.9 Å². The van der Waals surface area contributed by atoms with Crippen LogP contribution < -0.4 is 5.32 Å². The summed E-state index contributed by atoms with van der Waals surface area (Å²) < 4.78 is 4.76. The summed E-state index contributed by atoms with van der Waals surface area (Å²) in [6.07, 6.45) is 6.92. The second-order valence-corrected chi connectivity index (χ2v) is 5.93. The van der Waals surface area contributed by atoms with E-state index in [0.717, 1.165) is 16.0 Å². The third-order valence-corrected chi connectivity index (χ3v) is 4.85. The van der Waals surface area contributed by atoms with Crippen molar-refractivity contribution >= 4 is 38.3 Å². The molecule has 1 aliphatic rings. The topological polar surface area (TPSA) is 54.9 Å². The van der Waals surface area contributed by atoms with E-state index < -0.39 is 0 Å². The van der Waals surface area contributed by atoms with Crippen molar-refractivity contribution in [2.45, 2.75) is 25.7 Å². The maximum absolute atomic E-state index is 12.0. The highest BCUT2D eigenvalue weighted by atomic mass is 32.1. The Morgan fingerprint density at radius 1 is 1.50 bits per heavy atom. The van der Waals surface area contributed by atoms with Crippen molar-refractivity contribution in [3.05, 3.63) is 22.6 Å². The van der Waals surface area contributed by atoms with Crippen LogP contribution in [0.1, 0.15) is 36.0 Å². The molecule has 0 bridgehead atoms. The highest BCUT2D eigenvalue weighted by Gasteiger charge is 2.14. The molecule has 2 aromatic heterocycles. The summed E-state index contributed by atoms with van der Waals surface area (Å²) >= 11 is 2.76. The Morgan fingerprint density at radius 2 is 2.44 bits per heavy atom. The lowest BCUT2D eigenvalue weighted by atomic mass is 10.1. The van der Waals surface area contributed by atoms with E-state index in [1.807, 2.05) is 5.38 Å². The average molecular weight is 279 g/mol. The zero-order valence-corrected chi connectivity index (χ0v) is 11.4. The zero-order chi connectivity index (χ0) is 12.4. The van der Waals surface area contributed by atoms with Crippen LogP contribution in [0.15, 0.2) is 17.0 Å². The lowest BCUT2D eigenvalue weighted by molar-refractivity contribution is 0.0956. The molecule has 0 spiro atoms. The van der Waals surface area contributed by atoms with Gasteiger partial charge in [-0.3, -0.25) is 4.79 Å². The van der Waals surface area contributed by atoms with Crippen LogP contribution in [-0.4, -0.2) is 22.0 Å². The van der Waals surface area contributed by atoms with E-state index >= 15 is 0 Å². The van der Waals surface area contributed by atoms with E-state index in [1.54, 1.807) is 0 Å². The van der Waals surface area contributed by atoms with E-state index in [0.29, 0.717) is 12.1 Å². The lowest BCUT2D eigenvalue weighted by Crippen LogP contribution is -2.24. The van der Waals surface area contributed by atoms with E-state index in [-0.39, 0.29) is 5.91 Å². The minimum absolute atomic E-state index is 0.00843. The van der Waals surface area contributed by atoms with Gasteiger partial charge in [-0.25, -0.2) is 0 Å². The van der Waals surface area contributed by atoms with Crippen molar-refractivity contribution in [2.24, 2.45) is 0 Å². The van der Waals surface area contributed by atoms with Crippen molar-refractivity contribution in [2.75, 3.05) is 6.54 Å². The fraction of sp³-hybridized carbons (Fsp3) is 0.417. The monoisotopic (exact) mass is 279 g/mol. The van der Waals surface area contributed by atoms with Gasteiger partial charge in [0.15, 0.2) is 4.83 Å². The summed E-state index contributed by atoms with van der Waals surface area (Å²) in [7, 11) is 0. The molecule has 2 heterocycles. The van der Waals surface area contributed by atoms with Crippen molar-refractivity contribution in [3.8, 4) is 0 Å². The van der Waals surface area contributed by atoms with Crippen LogP contribution >= 0.6 is 22.9 Å². The van der Waals surface area contributed by atoms with Gasteiger partial charge in [0.2, 0.25) is 0 Å². The number of thiophene rings is 1. The highest BCUT2D eigenvalue weighted by Crippen LogP contribution is 2.26. The predicted octanol–water partition coefficient (Wildman–Crippen LogP) is 2.98. The first-order valence-electron chi connectivity index (χ1n) is 6.00. The highest BCUT2D eigenvalue weighted by molar-refractivity contribution is 7.24. The molecule has 1 N–H and O–H groups in total. The maximum Gasteiger partial charge on any atom is 0.253 e. The first-order chi connectivity index (χ1) is 8.84. The SMILES string of the molecule is O=C(NCCC1=CCCC1)c1csc2nnsc12. The van der Waals surface area contributed by atoms with Crippen LogP contribution in [0.4, 0.5) is 0 Å². The van der Waals surface area contributed by atoms with Gasteiger partial charge in [0.25, 0.3) is 5.91 Å². The van der Waals surface area contributed by atoms with E-state index in [9.17, 15) is 4.79 Å². The Hall–Kier alpha value is -1.27. The molecule has 4 nitrogen and oxygen atoms in total. The summed E-state index contributed by atoms with van der Waals surface area (Å²) in [5.74, 6) is -0.00843. The van der Waals surface area contributed by atoms with Gasteiger partial charge in [0.05, 0.1) is 10.3 Å². The van der Waals surface area contributed by atoms with Gasteiger partial charge in [-0.15, -0.1) is 16.4 Å². The molecular weight excluding hydrogens is 266 g/mol. The molecule has 0 unspecified atom stereocenters. The third-order valence-electron chi connectivity index (χ3n) is 3.10. The minimum atomic E-state index is -0.00843. The molecular formula is C12H13N3OS2. The number of nitrogens with zero attached hydrogens (tertiary/aromatic N) is 2. The molecule has 0 atom stereocenters. The molecule has 1 aliphatic carbocycles. The molecule has 3 rings (SSSR count). The molecule has 0 fully saturated rings. The average Bonchev–Trinajstić information content (AvgIpc) is 3.05. The number of hydrogen-bond acceptors (Lipinski definition) is 5. The molecule has 94 valence electrons. The maximum atomic E-state index is 12.0. The van der Waals surface area contributed by atoms with Crippen molar-refractivity contribution in [1.29, 1.82) is 0 Å². The summed E-state index contributed by atoms with van der Waals surface area (Å²) in [6, 6.07) is 0. The number of carbonyl (C=O) groups is 1. The first-order valence-corrected chi connectivity index (χ1v) is 7.65. The first kappa shape index (κ1) is 11.8. The Morgan fingerprint density at radius 3 is 3.28 bits per heavy atom. The number of carbonyl (C=O) groups excluding carboxylic acids is 1. The quantitative estimate of drug-likeness (QED) is 0.875. The van der Waals surface area contributed by atoms with E-state index in [4.69, 9.17) is 0 Å². The van der Waals surface area contributed by atoms with Gasteiger partial charge in [0, 0.05) is 11.9 Å². The van der Waals surface area contributed by atoms with Gasteiger partial charge < -0.3 is 5.32 Å². The van der Waals surface area contributed by atoms with Crippen LogP contribution in [-0.2, 0) is 0 Å². The standard InChI is InChI=1S/C12H13N3OS2/c16-11(13-6-5-8-3-1-2-4-8)9-7-17-12-10(9)18-15-14-12/h3,7H,1-2,4-6H2,(H,13,16). The molecule has 6 heteroatoms. The number of amides is 1. The Labute approximate surface area is 113 Å². The van der Waals surface area contributed by atoms with Gasteiger partial charge >= 0.3 is 0 Å². The molecule has 1 amide bonds. The number of fused-ring (bicyclic) bond motifs is 1. The largest absolute Gasteiger partial charge is 0.352 e. The second kappa shape index (κ2) is 5.16. The third kappa shape index (κ3) is 2.30. The van der Waals surface area contributed by atoms with Gasteiger partial charge in [-0.2, -0.15) is 0 Å². The number of allylic oxidation sites excluding steroid dienone is 1. The van der Waals surface area contributed by atoms with E-state index in [2.05, 4.69) is 21.0 Å². The van der Waals surface area contributed by atoms with Gasteiger partial charge in [-0.05, 0) is 37.2 Å². The molecule has 0 aliphatic heterocycles. The molecule has 0 saturated heterocycles. The summed E-state index contributed by atoms with van der Waals surface area (Å²) in [6.45, 7) is 0.717. The number of nitrogens with one attached hydrogen (secondary N) is 1. The minimum Gasteiger partial charge on any atom is -0.352 e. The normalized spacial score (nSPS) is 15.0. The predicted molar refractivity (Wildman–Crippen MR) is 74.2 cm³/mol. The molecule has 0 radical (unpaired) electrons. The Balaban J connectivity index is 1.60. The van der Waals surface area contributed by atoms with Crippen LogP contribution in [0.2, 0.25) is 0 Å². The Kier molecular flexibility index (Phi) is 3.38. The summed E-state index contributed by atoms with van der Waals surface area (Å²) in [5, 5.41) is 8.80. The summed E-state index contributed by atoms with van der Waals surface area (Å²) in [4.78, 5) is 12.9. The molecule has 2 aromatic rings. The molecule has 0 aromatic carbocycles. The number of aromatic nitrogens is 2. The molecule has 0 saturated carbocycles. The second-order valence-electron chi connectivity index (χ2n) is 4.32. The zero-order valence-electron chi connectivity index (χ0n) is 9.81. The van der Waals surface area contributed by atoms with Crippen LogP contribution in [0, 0.1) is 0 Å². The van der Waals surface area contributed by atoms with Crippen LogP contribution in [0.3, 0.4) is 0 Å². The van der Waals surface area contributed by atoms with E-state index in [1.165, 1.54) is 47.7 Å². The number of rotatable bonds is 4. The van der Waals surface area contributed by atoms with Crippen LogP contribution in [0.5, 0.6) is 0 Å². The van der Waals surface area contributed by atoms with Gasteiger partial charge in [0.1, 0.15) is 0 Å². The Bertz CT molecular complexity index is 599. The molecule has 18 heavy (non-hydrogen) atoms. The van der Waals surface area contributed by atoms with Crippen molar-refractivity contribution in [3.63, 3.8) is 0 Å². The summed E-state index contributed by atoms with van der Waals surface area (Å²) in [5.41, 5.74) is 2.19. The fourth-order valence-electron chi connectivity index (χ4n) is 2.15. The lowest BCUT2D eigenvalue weighted by Gasteiger charge is -2.04. The van der Waals surface area contributed by atoms with Crippen molar-refractivity contribution < 1.29 is 4.79 Å².